The zero-order chi connectivity index (χ0) is 13.4. The standard InChI is InChI=1S/C13H22N2O2S/c1-10(2)6-14-7-12(16)8-17-5-4-13-11(3)15-9-18-13/h9,12,14,16H,1,4-8H2,2-3H3. The molecule has 0 radical (unpaired) electrons. The Morgan fingerprint density at radius 3 is 3.06 bits per heavy atom. The molecule has 0 fully saturated rings. The zero-order valence-corrected chi connectivity index (χ0v) is 11.9. The summed E-state index contributed by atoms with van der Waals surface area (Å²) in [6, 6.07) is 0. The molecule has 0 amide bonds. The second-order valence-electron chi connectivity index (χ2n) is 4.43. The van der Waals surface area contributed by atoms with Gasteiger partial charge in [-0.1, -0.05) is 12.2 Å². The van der Waals surface area contributed by atoms with Gasteiger partial charge in [-0.3, -0.25) is 0 Å². The Labute approximate surface area is 113 Å². The molecule has 1 heterocycles. The van der Waals surface area contributed by atoms with Gasteiger partial charge in [0, 0.05) is 24.4 Å². The largest absolute Gasteiger partial charge is 0.389 e. The van der Waals surface area contributed by atoms with E-state index in [0.717, 1.165) is 24.2 Å². The maximum atomic E-state index is 9.65. The van der Waals surface area contributed by atoms with Crippen molar-refractivity contribution in [3.8, 4) is 0 Å². The Bertz CT molecular complexity index is 366. The number of hydrogen-bond donors (Lipinski definition) is 2. The van der Waals surface area contributed by atoms with Crippen LogP contribution in [0.2, 0.25) is 0 Å². The molecule has 0 aromatic carbocycles. The second-order valence-corrected chi connectivity index (χ2v) is 5.37. The molecule has 1 unspecified atom stereocenters. The molecule has 0 aliphatic rings. The first-order chi connectivity index (χ1) is 8.59. The van der Waals surface area contributed by atoms with Crippen molar-refractivity contribution in [2.75, 3.05) is 26.3 Å². The van der Waals surface area contributed by atoms with Crippen LogP contribution in [0.4, 0.5) is 0 Å². The number of rotatable bonds is 9. The highest BCUT2D eigenvalue weighted by molar-refractivity contribution is 7.09. The molecule has 0 bridgehead atoms. The van der Waals surface area contributed by atoms with Crippen LogP contribution in [0.25, 0.3) is 0 Å². The summed E-state index contributed by atoms with van der Waals surface area (Å²) in [5, 5.41) is 12.8. The van der Waals surface area contributed by atoms with Crippen LogP contribution in [0.1, 0.15) is 17.5 Å². The molecular formula is C13H22N2O2S. The van der Waals surface area contributed by atoms with Crippen LogP contribution >= 0.6 is 11.3 Å². The van der Waals surface area contributed by atoms with E-state index in [9.17, 15) is 5.11 Å². The Hall–Kier alpha value is -0.750. The zero-order valence-electron chi connectivity index (χ0n) is 11.1. The number of aliphatic hydroxyl groups excluding tert-OH is 1. The Balaban J connectivity index is 2.03. The summed E-state index contributed by atoms with van der Waals surface area (Å²) in [6.45, 7) is 9.99. The summed E-state index contributed by atoms with van der Waals surface area (Å²) in [7, 11) is 0. The minimum absolute atomic E-state index is 0.362. The van der Waals surface area contributed by atoms with Crippen molar-refractivity contribution in [1.29, 1.82) is 0 Å². The van der Waals surface area contributed by atoms with Gasteiger partial charge in [-0.05, 0) is 13.8 Å². The van der Waals surface area contributed by atoms with Gasteiger partial charge < -0.3 is 15.2 Å². The first-order valence-corrected chi connectivity index (χ1v) is 6.97. The summed E-state index contributed by atoms with van der Waals surface area (Å²) >= 11 is 1.65. The van der Waals surface area contributed by atoms with E-state index >= 15 is 0 Å². The average Bonchev–Trinajstić information content (AvgIpc) is 2.70. The van der Waals surface area contributed by atoms with Crippen molar-refractivity contribution in [3.05, 3.63) is 28.2 Å². The van der Waals surface area contributed by atoms with Crippen molar-refractivity contribution >= 4 is 11.3 Å². The molecule has 4 nitrogen and oxygen atoms in total. The van der Waals surface area contributed by atoms with Gasteiger partial charge in [0.25, 0.3) is 0 Å². The van der Waals surface area contributed by atoms with Gasteiger partial charge in [0.05, 0.1) is 30.5 Å². The van der Waals surface area contributed by atoms with Crippen LogP contribution in [0.15, 0.2) is 17.7 Å². The normalized spacial score (nSPS) is 12.6. The lowest BCUT2D eigenvalue weighted by atomic mass is 10.3. The molecule has 2 N–H and O–H groups in total. The highest BCUT2D eigenvalue weighted by Gasteiger charge is 2.05. The van der Waals surface area contributed by atoms with E-state index in [1.807, 2.05) is 19.4 Å². The lowest BCUT2D eigenvalue weighted by molar-refractivity contribution is 0.0389. The molecule has 0 saturated heterocycles. The predicted octanol–water partition coefficient (Wildman–Crippen LogP) is 1.54. The van der Waals surface area contributed by atoms with Gasteiger partial charge in [-0.15, -0.1) is 11.3 Å². The van der Waals surface area contributed by atoms with Gasteiger partial charge in [0.2, 0.25) is 0 Å². The number of aromatic nitrogens is 1. The third-order valence-electron chi connectivity index (χ3n) is 2.44. The molecule has 1 aromatic rings. The summed E-state index contributed by atoms with van der Waals surface area (Å²) in [4.78, 5) is 5.44. The average molecular weight is 270 g/mol. The van der Waals surface area contributed by atoms with Crippen molar-refractivity contribution in [2.45, 2.75) is 26.4 Å². The van der Waals surface area contributed by atoms with Crippen LogP contribution in [0.3, 0.4) is 0 Å². The topological polar surface area (TPSA) is 54.4 Å². The number of aryl methyl sites for hydroxylation is 1. The van der Waals surface area contributed by atoms with E-state index < -0.39 is 6.10 Å². The van der Waals surface area contributed by atoms with E-state index in [1.54, 1.807) is 11.3 Å². The van der Waals surface area contributed by atoms with Gasteiger partial charge in [-0.25, -0.2) is 4.98 Å². The molecule has 0 aliphatic heterocycles. The first kappa shape index (κ1) is 15.3. The summed E-state index contributed by atoms with van der Waals surface area (Å²) in [5.41, 5.74) is 3.98. The highest BCUT2D eigenvalue weighted by Crippen LogP contribution is 2.12. The van der Waals surface area contributed by atoms with Crippen LogP contribution < -0.4 is 5.32 Å². The van der Waals surface area contributed by atoms with Gasteiger partial charge in [0.1, 0.15) is 0 Å². The van der Waals surface area contributed by atoms with Crippen molar-refractivity contribution < 1.29 is 9.84 Å². The van der Waals surface area contributed by atoms with E-state index in [1.165, 1.54) is 4.88 Å². The lowest BCUT2D eigenvalue weighted by Crippen LogP contribution is -2.31. The summed E-state index contributed by atoms with van der Waals surface area (Å²) in [5.74, 6) is 0. The van der Waals surface area contributed by atoms with E-state index in [4.69, 9.17) is 4.74 Å². The SMILES string of the molecule is C=C(C)CNCC(O)COCCc1scnc1C. The lowest BCUT2D eigenvalue weighted by Gasteiger charge is -2.12. The maximum Gasteiger partial charge on any atom is 0.0897 e. The molecular weight excluding hydrogens is 248 g/mol. The van der Waals surface area contributed by atoms with Crippen LogP contribution in [-0.4, -0.2) is 42.5 Å². The number of aliphatic hydroxyl groups is 1. The number of nitrogens with zero attached hydrogens (tertiary/aromatic N) is 1. The van der Waals surface area contributed by atoms with Gasteiger partial charge >= 0.3 is 0 Å². The molecule has 1 rings (SSSR count). The Morgan fingerprint density at radius 1 is 1.67 bits per heavy atom. The predicted molar refractivity (Wildman–Crippen MR) is 75.1 cm³/mol. The minimum atomic E-state index is -0.466. The molecule has 102 valence electrons. The fourth-order valence-corrected chi connectivity index (χ4v) is 2.22. The smallest absolute Gasteiger partial charge is 0.0897 e. The number of thiazole rings is 1. The molecule has 0 spiro atoms. The molecule has 1 aromatic heterocycles. The summed E-state index contributed by atoms with van der Waals surface area (Å²) < 4.78 is 5.45. The maximum absolute atomic E-state index is 9.65. The van der Waals surface area contributed by atoms with E-state index in [-0.39, 0.29) is 0 Å². The fourth-order valence-electron chi connectivity index (χ4n) is 1.46. The molecule has 5 heteroatoms. The number of nitrogens with one attached hydrogen (secondary N) is 1. The highest BCUT2D eigenvalue weighted by atomic mass is 32.1. The van der Waals surface area contributed by atoms with Gasteiger partial charge in [-0.2, -0.15) is 0 Å². The second kappa shape index (κ2) is 8.37. The van der Waals surface area contributed by atoms with Gasteiger partial charge in [0.15, 0.2) is 0 Å². The van der Waals surface area contributed by atoms with E-state index in [0.29, 0.717) is 19.8 Å². The monoisotopic (exact) mass is 270 g/mol. The van der Waals surface area contributed by atoms with Crippen molar-refractivity contribution in [1.82, 2.24) is 10.3 Å². The molecule has 18 heavy (non-hydrogen) atoms. The van der Waals surface area contributed by atoms with Crippen LogP contribution in [0, 0.1) is 6.92 Å². The quantitative estimate of drug-likeness (QED) is 0.528. The summed E-state index contributed by atoms with van der Waals surface area (Å²) in [6.07, 6.45) is 0.398. The third kappa shape index (κ3) is 6.26. The van der Waals surface area contributed by atoms with E-state index in [2.05, 4.69) is 16.9 Å². The first-order valence-electron chi connectivity index (χ1n) is 6.09. The Morgan fingerprint density at radius 2 is 2.44 bits per heavy atom. The molecule has 0 aliphatic carbocycles. The van der Waals surface area contributed by atoms with Crippen molar-refractivity contribution in [3.63, 3.8) is 0 Å². The van der Waals surface area contributed by atoms with Crippen LogP contribution in [-0.2, 0) is 11.2 Å². The van der Waals surface area contributed by atoms with Crippen molar-refractivity contribution in [2.24, 2.45) is 0 Å². The Kier molecular flexibility index (Phi) is 7.12. The fraction of sp³-hybridized carbons (Fsp3) is 0.615. The number of hydrogen-bond acceptors (Lipinski definition) is 5. The molecule has 1 atom stereocenters. The minimum Gasteiger partial charge on any atom is -0.389 e. The van der Waals surface area contributed by atoms with Crippen LogP contribution in [0.5, 0.6) is 0 Å². The molecule has 0 saturated carbocycles. The third-order valence-corrected chi connectivity index (χ3v) is 3.43. The number of ether oxygens (including phenoxy) is 1.